The van der Waals surface area contributed by atoms with E-state index < -0.39 is 40.1 Å². The second kappa shape index (κ2) is 14.2. The van der Waals surface area contributed by atoms with Crippen LogP contribution in [-0.4, -0.2) is 0 Å². The Balaban J connectivity index is -0.0000000400. The molecule has 17 heteroatoms. The van der Waals surface area contributed by atoms with Crippen molar-refractivity contribution >= 4 is 0 Å². The number of hydrogen-bond donors (Lipinski definition) is 0. The number of hydrogen-bond acceptors (Lipinski definition) is 12. The molecule has 0 spiro atoms. The molecule has 12 nitrogen and oxygen atoms in total. The van der Waals surface area contributed by atoms with Crippen molar-refractivity contribution in [2.45, 2.75) is 0 Å². The van der Waals surface area contributed by atoms with Crippen molar-refractivity contribution in [1.29, 1.82) is 0 Å². The van der Waals surface area contributed by atoms with Crippen molar-refractivity contribution in [3.63, 3.8) is 0 Å². The summed E-state index contributed by atoms with van der Waals surface area (Å²) >= 11 is -16.9. The maximum absolute atomic E-state index is 8.58. The molecule has 0 aliphatic carbocycles. The van der Waals surface area contributed by atoms with Gasteiger partial charge in [0.05, 0.1) is 0 Å². The Morgan fingerprint density at radius 2 is 0.412 bits per heavy atom. The molecule has 0 aromatic rings. The minimum absolute atomic E-state index is 0. The van der Waals surface area contributed by atoms with Crippen molar-refractivity contribution in [1.82, 2.24) is 0 Å². The van der Waals surface area contributed by atoms with Crippen LogP contribution >= 0.6 is 0 Å². The van der Waals surface area contributed by atoms with Crippen LogP contribution in [0.4, 0.5) is 0 Å². The van der Waals surface area contributed by atoms with Crippen LogP contribution < -0.4 is 25.1 Å². The molecule has 0 aliphatic rings. The van der Waals surface area contributed by atoms with Crippen molar-refractivity contribution in [3.8, 4) is 0 Å². The monoisotopic (exact) mass is 663 g/mol. The normalized spacial score (nSPS) is 10.2. The van der Waals surface area contributed by atoms with Gasteiger partial charge in [-0.1, -0.05) is 0 Å². The fourth-order valence-corrected chi connectivity index (χ4v) is 0. The van der Waals surface area contributed by atoms with Gasteiger partial charge >= 0.3 is 187 Å². The topological polar surface area (TPSA) is 241 Å². The SMILES string of the molecule is [Eu+3].[Eu+3].[O]=[Mn](=[O])([O-])[O-].[O]=[Mn](=[O])([O-])[O-].[O]=[Mn](=[O])([O-])[O-]. The van der Waals surface area contributed by atoms with Gasteiger partial charge in [-0.25, -0.2) is 0 Å². The molecule has 0 aromatic heterocycles. The summed E-state index contributed by atoms with van der Waals surface area (Å²) < 4.78 is 103. The molecular weight excluding hydrogens is 661 g/mol. The van der Waals surface area contributed by atoms with Gasteiger partial charge in [0.15, 0.2) is 0 Å². The van der Waals surface area contributed by atoms with E-state index in [4.69, 9.17) is 48.1 Å². The zero-order valence-electron chi connectivity index (χ0n) is 6.79. The van der Waals surface area contributed by atoms with Crippen LogP contribution in [0.15, 0.2) is 0 Å². The Bertz CT molecular complexity index is 341. The van der Waals surface area contributed by atoms with Crippen molar-refractivity contribution in [2.75, 3.05) is 0 Å². The fraction of sp³-hybridized carbons (Fsp3) is 0. The quantitative estimate of drug-likeness (QED) is 0.220. The summed E-state index contributed by atoms with van der Waals surface area (Å²) in [6.45, 7) is 0. The van der Waals surface area contributed by atoms with Gasteiger partial charge in [-0.15, -0.1) is 0 Å². The van der Waals surface area contributed by atoms with Crippen molar-refractivity contribution in [2.24, 2.45) is 0 Å². The molecule has 0 atom stereocenters. The molecule has 0 bridgehead atoms. The second-order valence-corrected chi connectivity index (χ2v) is 4.68. The third-order valence-corrected chi connectivity index (χ3v) is 0. The van der Waals surface area contributed by atoms with Crippen LogP contribution in [0.5, 0.6) is 0 Å². The van der Waals surface area contributed by atoms with Gasteiger partial charge < -0.3 is 0 Å². The van der Waals surface area contributed by atoms with E-state index in [0.29, 0.717) is 0 Å². The molecule has 0 N–H and O–H groups in total. The molecule has 0 aliphatic heterocycles. The summed E-state index contributed by atoms with van der Waals surface area (Å²) in [5.41, 5.74) is 0. The Kier molecular flexibility index (Phi) is 27.0. The third kappa shape index (κ3) is 533. The van der Waals surface area contributed by atoms with E-state index in [9.17, 15) is 0 Å². The van der Waals surface area contributed by atoms with Crippen molar-refractivity contribution < 1.29 is 187 Å². The molecule has 0 amide bonds. The van der Waals surface area contributed by atoms with E-state index in [-0.39, 0.29) is 98.8 Å². The molecule has 0 heterocycles. The molecule has 0 rings (SSSR count). The van der Waals surface area contributed by atoms with Gasteiger partial charge in [-0.3, -0.25) is 0 Å². The molecule has 0 aromatic carbocycles. The molecule has 0 saturated heterocycles. The molecule has 0 radical (unpaired) electrons. The zero-order valence-corrected chi connectivity index (χ0v) is 15.2. The predicted octanol–water partition coefficient (Wildman–Crippen LogP) is -7.85. The maximum atomic E-state index is 8.58. The molecule has 107 valence electrons. The van der Waals surface area contributed by atoms with E-state index >= 15 is 0 Å². The van der Waals surface area contributed by atoms with Gasteiger partial charge in [0, 0.05) is 0 Å². The molecule has 0 fully saturated rings. The van der Waals surface area contributed by atoms with E-state index in [1.165, 1.54) is 0 Å². The first kappa shape index (κ1) is 32.3. The van der Waals surface area contributed by atoms with E-state index in [1.54, 1.807) is 0 Å². The van der Waals surface area contributed by atoms with Gasteiger partial charge in [0.25, 0.3) is 0 Å². The van der Waals surface area contributed by atoms with Crippen LogP contribution in [0.3, 0.4) is 0 Å². The van der Waals surface area contributed by atoms with Crippen LogP contribution in [0.1, 0.15) is 0 Å². The first-order valence-corrected chi connectivity index (χ1v) is 7.63. The van der Waals surface area contributed by atoms with E-state index in [0.717, 1.165) is 0 Å². The van der Waals surface area contributed by atoms with Crippen LogP contribution in [0.2, 0.25) is 0 Å². The molecule has 0 saturated carbocycles. The van der Waals surface area contributed by atoms with Gasteiger partial charge in [0.1, 0.15) is 0 Å². The summed E-state index contributed by atoms with van der Waals surface area (Å²) in [7, 11) is 0. The average molecular weight is 661 g/mol. The van der Waals surface area contributed by atoms with Gasteiger partial charge in [-0.05, 0) is 0 Å². The Morgan fingerprint density at radius 1 is 0.412 bits per heavy atom. The first-order valence-electron chi connectivity index (χ1n) is 1.85. The van der Waals surface area contributed by atoms with Crippen molar-refractivity contribution in [3.05, 3.63) is 0 Å². The zero-order chi connectivity index (χ0) is 13.5. The summed E-state index contributed by atoms with van der Waals surface area (Å²) in [6, 6.07) is 0. The molecular formula is Eu2Mn3O12. The summed E-state index contributed by atoms with van der Waals surface area (Å²) in [6.07, 6.45) is 0. The molecule has 0 unspecified atom stereocenters. The summed E-state index contributed by atoms with van der Waals surface area (Å²) in [5.74, 6) is 0. The van der Waals surface area contributed by atoms with Crippen LogP contribution in [-0.2, 0) is 63.1 Å². The summed E-state index contributed by atoms with van der Waals surface area (Å²) in [5, 5.41) is 0. The minimum atomic E-state index is -5.62. The van der Waals surface area contributed by atoms with Crippen LogP contribution in [0, 0.1) is 98.8 Å². The number of rotatable bonds is 0. The van der Waals surface area contributed by atoms with Gasteiger partial charge in [0.2, 0.25) is 0 Å². The standard InChI is InChI=1S/2Eu.3Mn.12O/q2*+3;;;;;;;;;;6*-1. The summed E-state index contributed by atoms with van der Waals surface area (Å²) in [4.78, 5) is 0. The predicted molar refractivity (Wildman–Crippen MR) is 4.12 cm³/mol. The van der Waals surface area contributed by atoms with E-state index in [1.807, 2.05) is 0 Å². The third-order valence-electron chi connectivity index (χ3n) is 0. The second-order valence-electron chi connectivity index (χ2n) is 1.13. The average Bonchev–Trinajstić information content (AvgIpc) is 1.41. The Morgan fingerprint density at radius 3 is 0.412 bits per heavy atom. The first-order chi connectivity index (χ1) is 6.00. The Labute approximate surface area is 182 Å². The van der Waals surface area contributed by atoms with E-state index in [2.05, 4.69) is 0 Å². The Hall–Kier alpha value is 3.29. The molecule has 17 heavy (non-hydrogen) atoms. The fourth-order valence-electron chi connectivity index (χ4n) is 0. The van der Waals surface area contributed by atoms with Gasteiger partial charge in [-0.2, -0.15) is 0 Å². The van der Waals surface area contributed by atoms with Crippen LogP contribution in [0.25, 0.3) is 0 Å².